The van der Waals surface area contributed by atoms with Crippen molar-refractivity contribution in [3.63, 3.8) is 0 Å². The van der Waals surface area contributed by atoms with Crippen LogP contribution in [-0.2, 0) is 6.54 Å². The number of carbonyl (C=O) groups excluding carboxylic acids is 1. The van der Waals surface area contributed by atoms with Crippen LogP contribution in [0.1, 0.15) is 28.3 Å². The Balaban J connectivity index is 1.60. The summed E-state index contributed by atoms with van der Waals surface area (Å²) in [6.07, 6.45) is 0.964. The van der Waals surface area contributed by atoms with Crippen LogP contribution in [0, 0.1) is 6.92 Å². The number of hydrogen-bond donors (Lipinski definition) is 0. The maximum absolute atomic E-state index is 12.6. The molecular formula is C18H21ClN2O2. The molecule has 1 aromatic heterocycles. The van der Waals surface area contributed by atoms with E-state index in [0.717, 1.165) is 50.7 Å². The molecule has 0 unspecified atom stereocenters. The zero-order chi connectivity index (χ0) is 16.2. The van der Waals surface area contributed by atoms with Gasteiger partial charge in [-0.25, -0.2) is 0 Å². The molecule has 122 valence electrons. The summed E-state index contributed by atoms with van der Waals surface area (Å²) >= 11 is 5.99. The molecule has 0 spiro atoms. The Morgan fingerprint density at radius 2 is 2.04 bits per heavy atom. The molecule has 2 heterocycles. The number of carbonyl (C=O) groups is 1. The number of furan rings is 1. The summed E-state index contributed by atoms with van der Waals surface area (Å²) < 4.78 is 5.65. The van der Waals surface area contributed by atoms with Gasteiger partial charge in [-0.1, -0.05) is 17.7 Å². The summed E-state index contributed by atoms with van der Waals surface area (Å²) in [4.78, 5) is 16.9. The Hall–Kier alpha value is -1.78. The van der Waals surface area contributed by atoms with Crippen molar-refractivity contribution in [1.82, 2.24) is 9.80 Å². The van der Waals surface area contributed by atoms with E-state index in [1.807, 2.05) is 36.1 Å². The molecule has 0 bridgehead atoms. The standard InChI is InChI=1S/C18H21ClN2O2/c1-14-6-7-17(23-14)13-20-8-3-9-21(11-10-20)18(22)15-4-2-5-16(19)12-15/h2,4-7,12H,3,8-11,13H2,1H3. The lowest BCUT2D eigenvalue weighted by atomic mass is 10.2. The number of nitrogens with zero attached hydrogens (tertiary/aromatic N) is 2. The number of rotatable bonds is 3. The van der Waals surface area contributed by atoms with Gasteiger partial charge >= 0.3 is 0 Å². The molecule has 1 amide bonds. The van der Waals surface area contributed by atoms with Gasteiger partial charge in [-0.05, 0) is 43.7 Å². The normalized spacial score (nSPS) is 16.3. The molecule has 1 saturated heterocycles. The third-order valence-corrected chi connectivity index (χ3v) is 4.36. The van der Waals surface area contributed by atoms with E-state index in [1.165, 1.54) is 0 Å². The van der Waals surface area contributed by atoms with Crippen molar-refractivity contribution in [2.24, 2.45) is 0 Å². The highest BCUT2D eigenvalue weighted by molar-refractivity contribution is 6.30. The maximum Gasteiger partial charge on any atom is 0.253 e. The van der Waals surface area contributed by atoms with E-state index in [0.29, 0.717) is 10.6 Å². The van der Waals surface area contributed by atoms with Crippen LogP contribution in [0.3, 0.4) is 0 Å². The fourth-order valence-electron chi connectivity index (χ4n) is 2.93. The number of amides is 1. The second-order valence-corrected chi connectivity index (χ2v) is 6.38. The van der Waals surface area contributed by atoms with Gasteiger partial charge in [0, 0.05) is 36.8 Å². The lowest BCUT2D eigenvalue weighted by Gasteiger charge is -2.21. The Kier molecular flexibility index (Phi) is 5.03. The number of benzene rings is 1. The van der Waals surface area contributed by atoms with Crippen molar-refractivity contribution in [3.05, 3.63) is 58.5 Å². The lowest BCUT2D eigenvalue weighted by molar-refractivity contribution is 0.0761. The topological polar surface area (TPSA) is 36.7 Å². The van der Waals surface area contributed by atoms with Crippen molar-refractivity contribution in [1.29, 1.82) is 0 Å². The zero-order valence-corrected chi connectivity index (χ0v) is 14.1. The summed E-state index contributed by atoms with van der Waals surface area (Å²) in [6, 6.07) is 11.2. The highest BCUT2D eigenvalue weighted by Crippen LogP contribution is 2.16. The number of halogens is 1. The second kappa shape index (κ2) is 7.20. The first-order valence-corrected chi connectivity index (χ1v) is 8.32. The zero-order valence-electron chi connectivity index (χ0n) is 13.3. The van der Waals surface area contributed by atoms with Gasteiger partial charge in [0.25, 0.3) is 5.91 Å². The van der Waals surface area contributed by atoms with E-state index in [4.69, 9.17) is 16.0 Å². The minimum absolute atomic E-state index is 0.0585. The molecule has 4 nitrogen and oxygen atoms in total. The van der Waals surface area contributed by atoms with E-state index in [-0.39, 0.29) is 5.91 Å². The van der Waals surface area contributed by atoms with Crippen LogP contribution in [-0.4, -0.2) is 41.9 Å². The molecule has 0 N–H and O–H groups in total. The van der Waals surface area contributed by atoms with E-state index in [2.05, 4.69) is 4.90 Å². The third-order valence-electron chi connectivity index (χ3n) is 4.12. The van der Waals surface area contributed by atoms with Crippen LogP contribution in [0.2, 0.25) is 5.02 Å². The Morgan fingerprint density at radius 3 is 2.78 bits per heavy atom. The van der Waals surface area contributed by atoms with Gasteiger partial charge in [0.2, 0.25) is 0 Å². The summed E-state index contributed by atoms with van der Waals surface area (Å²) in [5, 5.41) is 0.598. The summed E-state index contributed by atoms with van der Waals surface area (Å²) in [5.41, 5.74) is 0.660. The molecule has 1 aliphatic rings. The number of aryl methyl sites for hydroxylation is 1. The highest BCUT2D eigenvalue weighted by atomic mass is 35.5. The first-order valence-electron chi connectivity index (χ1n) is 7.94. The minimum atomic E-state index is 0.0585. The van der Waals surface area contributed by atoms with Gasteiger partial charge in [0.15, 0.2) is 0 Å². The average molecular weight is 333 g/mol. The van der Waals surface area contributed by atoms with Gasteiger partial charge in [-0.3, -0.25) is 9.69 Å². The quantitative estimate of drug-likeness (QED) is 0.862. The Bertz CT molecular complexity index is 683. The van der Waals surface area contributed by atoms with Crippen LogP contribution in [0.15, 0.2) is 40.8 Å². The third kappa shape index (κ3) is 4.15. The summed E-state index contributed by atoms with van der Waals surface area (Å²) in [7, 11) is 0. The molecule has 1 aromatic carbocycles. The lowest BCUT2D eigenvalue weighted by Crippen LogP contribution is -2.35. The number of hydrogen-bond acceptors (Lipinski definition) is 3. The monoisotopic (exact) mass is 332 g/mol. The predicted octanol–water partition coefficient (Wildman–Crippen LogP) is 3.59. The first-order chi connectivity index (χ1) is 11.1. The first kappa shape index (κ1) is 16.1. The molecule has 5 heteroatoms. The smallest absolute Gasteiger partial charge is 0.253 e. The summed E-state index contributed by atoms with van der Waals surface area (Å²) in [6.45, 7) is 6.08. The molecule has 0 radical (unpaired) electrons. The molecule has 1 aliphatic heterocycles. The molecular weight excluding hydrogens is 312 g/mol. The predicted molar refractivity (Wildman–Crippen MR) is 90.7 cm³/mol. The van der Waals surface area contributed by atoms with Gasteiger partial charge in [0.1, 0.15) is 11.5 Å². The largest absolute Gasteiger partial charge is 0.465 e. The Morgan fingerprint density at radius 1 is 1.17 bits per heavy atom. The van der Waals surface area contributed by atoms with Crippen molar-refractivity contribution >= 4 is 17.5 Å². The summed E-state index contributed by atoms with van der Waals surface area (Å²) in [5.74, 6) is 1.98. The van der Waals surface area contributed by atoms with E-state index >= 15 is 0 Å². The van der Waals surface area contributed by atoms with Crippen molar-refractivity contribution in [2.45, 2.75) is 19.9 Å². The Labute approximate surface area is 141 Å². The second-order valence-electron chi connectivity index (χ2n) is 5.94. The molecule has 0 aliphatic carbocycles. The molecule has 23 heavy (non-hydrogen) atoms. The van der Waals surface area contributed by atoms with E-state index in [9.17, 15) is 4.79 Å². The SMILES string of the molecule is Cc1ccc(CN2CCCN(C(=O)c3cccc(Cl)c3)CC2)o1. The molecule has 3 rings (SSSR count). The molecule has 1 fully saturated rings. The molecule has 0 saturated carbocycles. The van der Waals surface area contributed by atoms with Crippen LogP contribution < -0.4 is 0 Å². The van der Waals surface area contributed by atoms with E-state index < -0.39 is 0 Å². The van der Waals surface area contributed by atoms with Gasteiger partial charge in [-0.15, -0.1) is 0 Å². The van der Waals surface area contributed by atoms with Gasteiger partial charge in [0.05, 0.1) is 6.54 Å². The van der Waals surface area contributed by atoms with Crippen LogP contribution in [0.25, 0.3) is 0 Å². The van der Waals surface area contributed by atoms with Crippen molar-refractivity contribution < 1.29 is 9.21 Å². The minimum Gasteiger partial charge on any atom is -0.465 e. The van der Waals surface area contributed by atoms with Crippen LogP contribution in [0.5, 0.6) is 0 Å². The van der Waals surface area contributed by atoms with E-state index in [1.54, 1.807) is 12.1 Å². The van der Waals surface area contributed by atoms with Crippen molar-refractivity contribution in [2.75, 3.05) is 26.2 Å². The maximum atomic E-state index is 12.6. The van der Waals surface area contributed by atoms with Gasteiger partial charge < -0.3 is 9.32 Å². The van der Waals surface area contributed by atoms with Crippen LogP contribution in [0.4, 0.5) is 0 Å². The van der Waals surface area contributed by atoms with Crippen LogP contribution >= 0.6 is 11.6 Å². The highest BCUT2D eigenvalue weighted by Gasteiger charge is 2.21. The molecule has 2 aromatic rings. The fourth-order valence-corrected chi connectivity index (χ4v) is 3.12. The van der Waals surface area contributed by atoms with Gasteiger partial charge in [-0.2, -0.15) is 0 Å². The molecule has 0 atom stereocenters. The van der Waals surface area contributed by atoms with Crippen molar-refractivity contribution in [3.8, 4) is 0 Å². The fraction of sp³-hybridized carbons (Fsp3) is 0.389. The average Bonchev–Trinajstić information content (AvgIpc) is 2.80.